The molecule has 0 aliphatic carbocycles. The first-order chi connectivity index (χ1) is 13.6. The summed E-state index contributed by atoms with van der Waals surface area (Å²) < 4.78 is 12.4. The number of rotatable bonds is 8. The lowest BCUT2D eigenvalue weighted by Gasteiger charge is -2.17. The maximum absolute atomic E-state index is 12.6. The molecule has 1 N–H and O–H groups in total. The number of carbonyl (C=O) groups is 1. The second-order valence-electron chi connectivity index (χ2n) is 6.53. The molecule has 6 heteroatoms. The zero-order chi connectivity index (χ0) is 19.9. The number of carbonyl (C=O) groups excluding carboxylic acids is 1. The highest BCUT2D eigenvalue weighted by atomic mass is 16.5. The molecule has 1 amide bonds. The van der Waals surface area contributed by atoms with Crippen molar-refractivity contribution in [1.29, 1.82) is 0 Å². The predicted octanol–water partition coefficient (Wildman–Crippen LogP) is 4.12. The van der Waals surface area contributed by atoms with Crippen LogP contribution in [0.3, 0.4) is 0 Å². The van der Waals surface area contributed by atoms with Crippen LogP contribution in [-0.4, -0.2) is 22.8 Å². The van der Waals surface area contributed by atoms with E-state index in [0.717, 1.165) is 17.7 Å². The highest BCUT2D eigenvalue weighted by molar-refractivity contribution is 5.92. The standard InChI is InChI=1S/C22H25N3O3/c1-4-20(17-7-5-16(2)6-8-17)23-22(26)21-13-14-25(24-21)15-28-19-11-9-18(27-3)10-12-19/h5-14,20H,4,15H2,1-3H3,(H,23,26). The van der Waals surface area contributed by atoms with Crippen LogP contribution in [0, 0.1) is 6.92 Å². The molecule has 0 radical (unpaired) electrons. The third kappa shape index (κ3) is 4.91. The molecule has 3 rings (SSSR count). The second-order valence-corrected chi connectivity index (χ2v) is 6.53. The molecule has 0 aliphatic heterocycles. The van der Waals surface area contributed by atoms with Crippen LogP contribution in [0.5, 0.6) is 11.5 Å². The number of methoxy groups -OCH3 is 1. The minimum absolute atomic E-state index is 0.0474. The molecule has 1 unspecified atom stereocenters. The average molecular weight is 379 g/mol. The van der Waals surface area contributed by atoms with Crippen LogP contribution in [0.25, 0.3) is 0 Å². The van der Waals surface area contributed by atoms with E-state index < -0.39 is 0 Å². The van der Waals surface area contributed by atoms with E-state index in [2.05, 4.69) is 22.5 Å². The average Bonchev–Trinajstić information content (AvgIpc) is 3.21. The summed E-state index contributed by atoms with van der Waals surface area (Å²) in [6, 6.07) is 17.1. The number of nitrogens with one attached hydrogen (secondary N) is 1. The maximum Gasteiger partial charge on any atom is 0.272 e. The Kier molecular flexibility index (Phi) is 6.32. The van der Waals surface area contributed by atoms with Crippen LogP contribution >= 0.6 is 0 Å². The number of nitrogens with zero attached hydrogens (tertiary/aromatic N) is 2. The Morgan fingerprint density at radius 1 is 1.07 bits per heavy atom. The van der Waals surface area contributed by atoms with Crippen molar-refractivity contribution < 1.29 is 14.3 Å². The summed E-state index contributed by atoms with van der Waals surface area (Å²) in [7, 11) is 1.62. The van der Waals surface area contributed by atoms with Gasteiger partial charge in [0.2, 0.25) is 0 Å². The largest absolute Gasteiger partial charge is 0.497 e. The fourth-order valence-electron chi connectivity index (χ4n) is 2.82. The molecular formula is C22H25N3O3. The number of benzene rings is 2. The fraction of sp³-hybridized carbons (Fsp3) is 0.273. The van der Waals surface area contributed by atoms with Gasteiger partial charge in [0.1, 0.15) is 17.2 Å². The number of ether oxygens (including phenoxy) is 2. The lowest BCUT2D eigenvalue weighted by atomic mass is 10.0. The Morgan fingerprint density at radius 3 is 2.39 bits per heavy atom. The smallest absolute Gasteiger partial charge is 0.272 e. The quantitative estimate of drug-likeness (QED) is 0.639. The Bertz CT molecular complexity index is 902. The van der Waals surface area contributed by atoms with Crippen molar-refractivity contribution in [2.45, 2.75) is 33.0 Å². The topological polar surface area (TPSA) is 65.4 Å². The van der Waals surface area contributed by atoms with Crippen LogP contribution in [0.4, 0.5) is 0 Å². The van der Waals surface area contributed by atoms with Gasteiger partial charge in [-0.15, -0.1) is 0 Å². The SMILES string of the molecule is CCC(NC(=O)c1ccn(COc2ccc(OC)cc2)n1)c1ccc(C)cc1. The van der Waals surface area contributed by atoms with E-state index in [1.807, 2.05) is 50.2 Å². The van der Waals surface area contributed by atoms with Gasteiger partial charge in [-0.25, -0.2) is 4.68 Å². The van der Waals surface area contributed by atoms with Gasteiger partial charge in [-0.1, -0.05) is 36.8 Å². The van der Waals surface area contributed by atoms with Crippen LogP contribution < -0.4 is 14.8 Å². The van der Waals surface area contributed by atoms with Crippen LogP contribution in [0.2, 0.25) is 0 Å². The lowest BCUT2D eigenvalue weighted by molar-refractivity contribution is 0.0928. The fourth-order valence-corrected chi connectivity index (χ4v) is 2.82. The van der Waals surface area contributed by atoms with Crippen molar-refractivity contribution >= 4 is 5.91 Å². The molecule has 3 aromatic rings. The van der Waals surface area contributed by atoms with E-state index in [1.54, 1.807) is 24.1 Å². The summed E-state index contributed by atoms with van der Waals surface area (Å²) in [6.45, 7) is 4.31. The molecule has 0 saturated carbocycles. The van der Waals surface area contributed by atoms with Crippen LogP contribution in [0.15, 0.2) is 60.8 Å². The van der Waals surface area contributed by atoms with Gasteiger partial charge in [-0.3, -0.25) is 4.79 Å². The third-order valence-corrected chi connectivity index (χ3v) is 4.49. The molecule has 1 atom stereocenters. The first-order valence-electron chi connectivity index (χ1n) is 9.26. The zero-order valence-corrected chi connectivity index (χ0v) is 16.4. The minimum atomic E-state index is -0.198. The molecule has 1 aromatic heterocycles. The van der Waals surface area contributed by atoms with Crippen molar-refractivity contribution in [1.82, 2.24) is 15.1 Å². The minimum Gasteiger partial charge on any atom is -0.497 e. The summed E-state index contributed by atoms with van der Waals surface area (Å²) in [5.41, 5.74) is 2.65. The Labute approximate surface area is 165 Å². The molecule has 0 fully saturated rings. The molecular weight excluding hydrogens is 354 g/mol. The lowest BCUT2D eigenvalue weighted by Crippen LogP contribution is -2.28. The summed E-state index contributed by atoms with van der Waals surface area (Å²) >= 11 is 0. The maximum atomic E-state index is 12.6. The molecule has 1 heterocycles. The molecule has 2 aromatic carbocycles. The highest BCUT2D eigenvalue weighted by Gasteiger charge is 2.16. The first-order valence-corrected chi connectivity index (χ1v) is 9.26. The van der Waals surface area contributed by atoms with E-state index in [1.165, 1.54) is 5.56 Å². The van der Waals surface area contributed by atoms with Gasteiger partial charge in [-0.05, 0) is 49.2 Å². The molecule has 146 valence electrons. The van der Waals surface area contributed by atoms with Gasteiger partial charge in [0.25, 0.3) is 5.91 Å². The van der Waals surface area contributed by atoms with Gasteiger partial charge in [-0.2, -0.15) is 5.10 Å². The first kappa shape index (κ1) is 19.5. The van der Waals surface area contributed by atoms with Gasteiger partial charge < -0.3 is 14.8 Å². The van der Waals surface area contributed by atoms with Crippen molar-refractivity contribution in [3.8, 4) is 11.5 Å². The summed E-state index contributed by atoms with van der Waals surface area (Å²) in [5, 5.41) is 7.36. The second kappa shape index (κ2) is 9.08. The molecule has 0 spiro atoms. The van der Waals surface area contributed by atoms with Gasteiger partial charge in [0.15, 0.2) is 6.73 Å². The molecule has 0 saturated heterocycles. The van der Waals surface area contributed by atoms with Crippen molar-refractivity contribution in [2.24, 2.45) is 0 Å². The monoisotopic (exact) mass is 379 g/mol. The summed E-state index contributed by atoms with van der Waals surface area (Å²) in [4.78, 5) is 12.6. The molecule has 0 bridgehead atoms. The van der Waals surface area contributed by atoms with E-state index in [0.29, 0.717) is 11.4 Å². The third-order valence-electron chi connectivity index (χ3n) is 4.49. The van der Waals surface area contributed by atoms with E-state index in [-0.39, 0.29) is 18.7 Å². The number of aromatic nitrogens is 2. The van der Waals surface area contributed by atoms with Gasteiger partial charge >= 0.3 is 0 Å². The Morgan fingerprint density at radius 2 is 1.75 bits per heavy atom. The Balaban J connectivity index is 1.58. The van der Waals surface area contributed by atoms with Crippen molar-refractivity contribution in [3.63, 3.8) is 0 Å². The number of amides is 1. The predicted molar refractivity (Wildman–Crippen MR) is 108 cm³/mol. The Hall–Kier alpha value is -3.28. The summed E-state index contributed by atoms with van der Waals surface area (Å²) in [5.74, 6) is 1.27. The van der Waals surface area contributed by atoms with Crippen molar-refractivity contribution in [3.05, 3.63) is 77.6 Å². The van der Waals surface area contributed by atoms with E-state index >= 15 is 0 Å². The normalized spacial score (nSPS) is 11.7. The zero-order valence-electron chi connectivity index (χ0n) is 16.4. The van der Waals surface area contributed by atoms with Crippen LogP contribution in [-0.2, 0) is 6.73 Å². The van der Waals surface area contributed by atoms with E-state index in [4.69, 9.17) is 9.47 Å². The van der Waals surface area contributed by atoms with Gasteiger partial charge in [0, 0.05) is 6.20 Å². The highest BCUT2D eigenvalue weighted by Crippen LogP contribution is 2.19. The van der Waals surface area contributed by atoms with Gasteiger partial charge in [0.05, 0.1) is 13.2 Å². The number of hydrogen-bond donors (Lipinski definition) is 1. The number of hydrogen-bond acceptors (Lipinski definition) is 4. The molecule has 0 aliphatic rings. The summed E-state index contributed by atoms with van der Waals surface area (Å²) in [6.07, 6.45) is 2.53. The van der Waals surface area contributed by atoms with Crippen molar-refractivity contribution in [2.75, 3.05) is 7.11 Å². The van der Waals surface area contributed by atoms with E-state index in [9.17, 15) is 4.79 Å². The molecule has 28 heavy (non-hydrogen) atoms. The molecule has 6 nitrogen and oxygen atoms in total. The van der Waals surface area contributed by atoms with Crippen LogP contribution in [0.1, 0.15) is 41.0 Å². The number of aryl methyl sites for hydroxylation is 1.